The van der Waals surface area contributed by atoms with Crippen LogP contribution in [0, 0.1) is 0 Å². The van der Waals surface area contributed by atoms with E-state index in [9.17, 15) is 0 Å². The minimum absolute atomic E-state index is 0.0790. The Balaban J connectivity index is 1.98. The van der Waals surface area contributed by atoms with Crippen molar-refractivity contribution in [2.24, 2.45) is 10.7 Å². The Hall–Kier alpha value is -0.670. The van der Waals surface area contributed by atoms with Gasteiger partial charge in [0.1, 0.15) is 6.17 Å². The van der Waals surface area contributed by atoms with Crippen LogP contribution in [0.5, 0.6) is 0 Å². The number of unbranched alkanes of at least 4 members (excludes halogenated alkanes) is 8. The summed E-state index contributed by atoms with van der Waals surface area (Å²) in [7, 11) is 0. The van der Waals surface area contributed by atoms with Crippen molar-refractivity contribution in [3.63, 3.8) is 0 Å². The highest BCUT2D eigenvalue weighted by Crippen LogP contribution is 2.12. The van der Waals surface area contributed by atoms with Gasteiger partial charge in [-0.05, 0) is 25.8 Å². The van der Waals surface area contributed by atoms with E-state index in [-0.39, 0.29) is 12.3 Å². The van der Waals surface area contributed by atoms with Crippen LogP contribution < -0.4 is 5.73 Å². The smallest absolute Gasteiger partial charge is 0.122 e. The number of nitrogens with zero attached hydrogens (tertiary/aromatic N) is 2. The van der Waals surface area contributed by atoms with Gasteiger partial charge in [0.15, 0.2) is 0 Å². The van der Waals surface area contributed by atoms with E-state index in [0.29, 0.717) is 0 Å². The lowest BCUT2D eigenvalue weighted by atomic mass is 10.1. The molecule has 2 atom stereocenters. The quantitative estimate of drug-likeness (QED) is 0.457. The van der Waals surface area contributed by atoms with Crippen molar-refractivity contribution in [2.75, 3.05) is 6.54 Å². The lowest BCUT2D eigenvalue weighted by Gasteiger charge is -2.24. The topological polar surface area (TPSA) is 41.6 Å². The van der Waals surface area contributed by atoms with Gasteiger partial charge in [-0.1, -0.05) is 57.9 Å². The second-order valence-electron chi connectivity index (χ2n) is 5.87. The summed E-state index contributed by atoms with van der Waals surface area (Å²) >= 11 is 0. The molecule has 2 N–H and O–H groups in total. The predicted molar refractivity (Wildman–Crippen MR) is 89.0 cm³/mol. The summed E-state index contributed by atoms with van der Waals surface area (Å²) in [5.74, 6) is 0. The number of allylic oxidation sites excluding steroid dienone is 1. The number of hydrogen-bond donors (Lipinski definition) is 1. The molecule has 20 heavy (non-hydrogen) atoms. The van der Waals surface area contributed by atoms with E-state index < -0.39 is 0 Å². The zero-order chi connectivity index (χ0) is 14.6. The zero-order valence-electron chi connectivity index (χ0n) is 13.4. The Kier molecular flexibility index (Phi) is 9.60. The molecule has 0 bridgehead atoms. The first-order chi connectivity index (χ1) is 9.75. The molecule has 0 aromatic rings. The minimum Gasteiger partial charge on any atom is -0.316 e. The molecule has 2 unspecified atom stereocenters. The molecule has 1 aliphatic rings. The van der Waals surface area contributed by atoms with E-state index in [1.54, 1.807) is 0 Å². The van der Waals surface area contributed by atoms with Crippen LogP contribution in [0.15, 0.2) is 17.1 Å². The summed E-state index contributed by atoms with van der Waals surface area (Å²) < 4.78 is 0. The van der Waals surface area contributed by atoms with E-state index in [1.165, 1.54) is 57.8 Å². The van der Waals surface area contributed by atoms with Gasteiger partial charge in [-0.3, -0.25) is 9.89 Å². The van der Waals surface area contributed by atoms with Gasteiger partial charge in [0.2, 0.25) is 0 Å². The highest BCUT2D eigenvalue weighted by Gasteiger charge is 2.20. The lowest BCUT2D eigenvalue weighted by Crippen LogP contribution is -2.42. The SMILES string of the molecule is CCCCCCCCCC/C=C/C1N=CCN1C(C)N. The Morgan fingerprint density at radius 1 is 1.20 bits per heavy atom. The largest absolute Gasteiger partial charge is 0.316 e. The Labute approximate surface area is 125 Å². The van der Waals surface area contributed by atoms with Crippen molar-refractivity contribution >= 4 is 6.21 Å². The van der Waals surface area contributed by atoms with E-state index in [2.05, 4.69) is 29.0 Å². The molecular weight excluding hydrogens is 246 g/mol. The first-order valence-corrected chi connectivity index (χ1v) is 8.45. The molecule has 0 aromatic carbocycles. The van der Waals surface area contributed by atoms with Crippen LogP contribution >= 0.6 is 0 Å². The number of hydrogen-bond acceptors (Lipinski definition) is 3. The van der Waals surface area contributed by atoms with Gasteiger partial charge in [0.25, 0.3) is 0 Å². The molecule has 0 fully saturated rings. The lowest BCUT2D eigenvalue weighted by molar-refractivity contribution is 0.224. The van der Waals surface area contributed by atoms with Gasteiger partial charge in [-0.2, -0.15) is 0 Å². The van der Waals surface area contributed by atoms with Gasteiger partial charge in [-0.15, -0.1) is 0 Å². The van der Waals surface area contributed by atoms with Crippen LogP contribution in [0.2, 0.25) is 0 Å². The molecule has 0 radical (unpaired) electrons. The molecule has 0 aliphatic carbocycles. The Morgan fingerprint density at radius 3 is 2.50 bits per heavy atom. The maximum atomic E-state index is 5.92. The van der Waals surface area contributed by atoms with Crippen molar-refractivity contribution in [3.05, 3.63) is 12.2 Å². The van der Waals surface area contributed by atoms with Crippen LogP contribution in [-0.4, -0.2) is 30.0 Å². The molecule has 1 rings (SSSR count). The van der Waals surface area contributed by atoms with E-state index >= 15 is 0 Å². The van der Waals surface area contributed by atoms with Crippen LogP contribution in [0.1, 0.15) is 71.6 Å². The molecular formula is C17H33N3. The van der Waals surface area contributed by atoms with Crippen molar-refractivity contribution < 1.29 is 0 Å². The van der Waals surface area contributed by atoms with Crippen molar-refractivity contribution in [2.45, 2.75) is 84.0 Å². The number of rotatable bonds is 11. The van der Waals surface area contributed by atoms with Gasteiger partial charge >= 0.3 is 0 Å². The summed E-state index contributed by atoms with van der Waals surface area (Å²) in [6.45, 7) is 5.17. The first-order valence-electron chi connectivity index (χ1n) is 8.45. The average molecular weight is 279 g/mol. The maximum Gasteiger partial charge on any atom is 0.122 e. The maximum absolute atomic E-state index is 5.92. The van der Waals surface area contributed by atoms with Gasteiger partial charge < -0.3 is 5.73 Å². The third kappa shape index (κ3) is 7.20. The molecule has 1 aliphatic heterocycles. The summed E-state index contributed by atoms with van der Waals surface area (Å²) in [6.07, 6.45) is 18.9. The normalized spacial score (nSPS) is 21.1. The Bertz CT molecular complexity index is 284. The van der Waals surface area contributed by atoms with E-state index in [4.69, 9.17) is 5.73 Å². The first kappa shape index (κ1) is 17.4. The fraction of sp³-hybridized carbons (Fsp3) is 0.824. The third-order valence-electron chi connectivity index (χ3n) is 3.95. The van der Waals surface area contributed by atoms with E-state index in [1.807, 2.05) is 13.1 Å². The summed E-state index contributed by atoms with van der Waals surface area (Å²) in [5, 5.41) is 0. The number of aliphatic imine (C=N–C) groups is 1. The second-order valence-corrected chi connectivity index (χ2v) is 5.87. The van der Waals surface area contributed by atoms with Crippen LogP contribution in [0.25, 0.3) is 0 Å². The molecule has 0 spiro atoms. The van der Waals surface area contributed by atoms with Gasteiger partial charge in [0.05, 0.1) is 6.17 Å². The molecule has 0 aromatic heterocycles. The predicted octanol–water partition coefficient (Wildman–Crippen LogP) is 4.09. The molecule has 3 nitrogen and oxygen atoms in total. The minimum atomic E-state index is 0.0790. The standard InChI is InChI=1S/C17H33N3/c1-3-4-5-6-7-8-9-10-11-12-13-17-19-14-15-20(17)16(2)18/h12-14,16-17H,3-11,15,18H2,1-2H3/b13-12+. The van der Waals surface area contributed by atoms with Crippen molar-refractivity contribution in [3.8, 4) is 0 Å². The van der Waals surface area contributed by atoms with Crippen LogP contribution in [0.4, 0.5) is 0 Å². The second kappa shape index (κ2) is 11.0. The highest BCUT2D eigenvalue weighted by molar-refractivity contribution is 5.62. The molecule has 3 heteroatoms. The van der Waals surface area contributed by atoms with E-state index in [0.717, 1.165) is 6.54 Å². The Morgan fingerprint density at radius 2 is 1.85 bits per heavy atom. The van der Waals surface area contributed by atoms with Crippen LogP contribution in [-0.2, 0) is 0 Å². The number of nitrogens with two attached hydrogens (primary N) is 1. The third-order valence-corrected chi connectivity index (χ3v) is 3.95. The van der Waals surface area contributed by atoms with Crippen molar-refractivity contribution in [1.29, 1.82) is 0 Å². The molecule has 0 saturated heterocycles. The summed E-state index contributed by atoms with van der Waals surface area (Å²) in [6, 6.07) is 0. The molecule has 1 heterocycles. The highest BCUT2D eigenvalue weighted by atomic mass is 15.3. The van der Waals surface area contributed by atoms with Gasteiger partial charge in [0, 0.05) is 12.8 Å². The molecule has 0 amide bonds. The van der Waals surface area contributed by atoms with Crippen LogP contribution in [0.3, 0.4) is 0 Å². The molecule has 0 saturated carbocycles. The molecule has 116 valence electrons. The van der Waals surface area contributed by atoms with Gasteiger partial charge in [-0.25, -0.2) is 0 Å². The monoisotopic (exact) mass is 279 g/mol. The fourth-order valence-electron chi connectivity index (χ4n) is 2.62. The van der Waals surface area contributed by atoms with Crippen molar-refractivity contribution in [1.82, 2.24) is 4.90 Å². The summed E-state index contributed by atoms with van der Waals surface area (Å²) in [5.41, 5.74) is 5.92. The zero-order valence-corrected chi connectivity index (χ0v) is 13.4. The summed E-state index contributed by atoms with van der Waals surface area (Å²) in [4.78, 5) is 6.65. The average Bonchev–Trinajstić information content (AvgIpc) is 2.89. The fourth-order valence-corrected chi connectivity index (χ4v) is 2.62.